The third kappa shape index (κ3) is 2.08. The van der Waals surface area contributed by atoms with Crippen molar-refractivity contribution in [3.05, 3.63) is 28.8 Å². The lowest BCUT2D eigenvalue weighted by Gasteiger charge is -2.12. The average molecular weight is 265 g/mol. The molecule has 1 fully saturated rings. The monoisotopic (exact) mass is 265 g/mol. The molecule has 0 saturated carbocycles. The third-order valence-electron chi connectivity index (χ3n) is 3.67. The maximum Gasteiger partial charge on any atom is 0.178 e. The summed E-state index contributed by atoms with van der Waals surface area (Å²) in [6.07, 6.45) is 1.18. The van der Waals surface area contributed by atoms with Gasteiger partial charge in [-0.05, 0) is 56.3 Å². The highest BCUT2D eigenvalue weighted by Crippen LogP contribution is 2.21. The molecule has 1 aromatic carbocycles. The van der Waals surface area contributed by atoms with Crippen molar-refractivity contribution >= 4 is 23.3 Å². The molecule has 96 valence electrons. The van der Waals surface area contributed by atoms with Crippen molar-refractivity contribution in [2.75, 3.05) is 20.1 Å². The van der Waals surface area contributed by atoms with Crippen molar-refractivity contribution in [2.45, 2.75) is 13.0 Å². The Morgan fingerprint density at radius 3 is 3.06 bits per heavy atom. The Morgan fingerprint density at radius 1 is 1.50 bits per heavy atom. The highest BCUT2D eigenvalue weighted by molar-refractivity contribution is 7.71. The maximum atomic E-state index is 13.3. The molecule has 1 aromatic heterocycles. The zero-order valence-corrected chi connectivity index (χ0v) is 11.1. The van der Waals surface area contributed by atoms with Crippen LogP contribution in [-0.2, 0) is 6.54 Å². The SMILES string of the molecule is CN1CCC(Cn2c(=S)[nH]c3ccc(F)cc32)C1. The second-order valence-corrected chi connectivity index (χ2v) is 5.51. The molecule has 1 atom stereocenters. The molecule has 3 nitrogen and oxygen atoms in total. The topological polar surface area (TPSA) is 24.0 Å². The summed E-state index contributed by atoms with van der Waals surface area (Å²) in [4.78, 5) is 5.46. The van der Waals surface area contributed by atoms with Crippen molar-refractivity contribution in [1.82, 2.24) is 14.5 Å². The molecule has 1 unspecified atom stereocenters. The van der Waals surface area contributed by atoms with Gasteiger partial charge in [0.05, 0.1) is 11.0 Å². The van der Waals surface area contributed by atoms with E-state index in [0.29, 0.717) is 10.7 Å². The molecule has 1 aliphatic heterocycles. The molecule has 0 amide bonds. The molecule has 0 spiro atoms. The van der Waals surface area contributed by atoms with Gasteiger partial charge in [0.15, 0.2) is 4.77 Å². The van der Waals surface area contributed by atoms with Crippen LogP contribution in [0.3, 0.4) is 0 Å². The lowest BCUT2D eigenvalue weighted by molar-refractivity contribution is 0.379. The highest BCUT2D eigenvalue weighted by atomic mass is 32.1. The van der Waals surface area contributed by atoms with Gasteiger partial charge in [-0.3, -0.25) is 0 Å². The standard InChI is InChI=1S/C13H16FN3S/c1-16-5-4-9(7-16)8-17-12-6-10(14)2-3-11(12)15-13(17)18/h2-3,6,9H,4-5,7-8H2,1H3,(H,15,18). The van der Waals surface area contributed by atoms with E-state index in [4.69, 9.17) is 12.2 Å². The molecule has 2 heterocycles. The van der Waals surface area contributed by atoms with Crippen molar-refractivity contribution < 1.29 is 4.39 Å². The Hall–Kier alpha value is -1.20. The van der Waals surface area contributed by atoms with E-state index in [9.17, 15) is 4.39 Å². The first-order chi connectivity index (χ1) is 8.63. The summed E-state index contributed by atoms with van der Waals surface area (Å²) < 4.78 is 16.0. The number of nitrogens with one attached hydrogen (secondary N) is 1. The maximum absolute atomic E-state index is 13.3. The lowest BCUT2D eigenvalue weighted by atomic mass is 10.1. The average Bonchev–Trinajstić information content (AvgIpc) is 2.86. The molecule has 0 radical (unpaired) electrons. The van der Waals surface area contributed by atoms with Gasteiger partial charge < -0.3 is 14.5 Å². The van der Waals surface area contributed by atoms with E-state index in [1.807, 2.05) is 4.57 Å². The molecule has 1 aliphatic rings. The van der Waals surface area contributed by atoms with E-state index in [-0.39, 0.29) is 5.82 Å². The van der Waals surface area contributed by atoms with Crippen molar-refractivity contribution in [1.29, 1.82) is 0 Å². The smallest absolute Gasteiger partial charge is 0.178 e. The van der Waals surface area contributed by atoms with Crippen LogP contribution in [0.5, 0.6) is 0 Å². The molecule has 0 bridgehead atoms. The number of benzene rings is 1. The molecule has 1 saturated heterocycles. The molecule has 18 heavy (non-hydrogen) atoms. The van der Waals surface area contributed by atoms with E-state index in [1.54, 1.807) is 12.1 Å². The molecule has 1 N–H and O–H groups in total. The van der Waals surface area contributed by atoms with Crippen LogP contribution in [0.15, 0.2) is 18.2 Å². The summed E-state index contributed by atoms with van der Waals surface area (Å²) >= 11 is 5.33. The number of aromatic amines is 1. The largest absolute Gasteiger partial charge is 0.331 e. The normalized spacial score (nSPS) is 20.9. The summed E-state index contributed by atoms with van der Waals surface area (Å²) in [5, 5.41) is 0. The van der Waals surface area contributed by atoms with Gasteiger partial charge in [-0.15, -0.1) is 0 Å². The van der Waals surface area contributed by atoms with Crippen molar-refractivity contribution in [3.8, 4) is 0 Å². The van der Waals surface area contributed by atoms with Gasteiger partial charge in [-0.2, -0.15) is 0 Å². The number of nitrogens with zero attached hydrogens (tertiary/aromatic N) is 2. The predicted octanol–water partition coefficient (Wildman–Crippen LogP) is 2.79. The summed E-state index contributed by atoms with van der Waals surface area (Å²) in [6.45, 7) is 3.09. The molecule has 3 rings (SSSR count). The number of hydrogen-bond donors (Lipinski definition) is 1. The first-order valence-electron chi connectivity index (χ1n) is 6.20. The van der Waals surface area contributed by atoms with Crippen LogP contribution in [0, 0.1) is 16.5 Å². The first kappa shape index (κ1) is 11.9. The van der Waals surface area contributed by atoms with Crippen LogP contribution in [0.2, 0.25) is 0 Å². The molecule has 5 heteroatoms. The summed E-state index contributed by atoms with van der Waals surface area (Å²) in [6, 6.07) is 4.76. The quantitative estimate of drug-likeness (QED) is 0.844. The van der Waals surface area contributed by atoms with Crippen molar-refractivity contribution in [2.24, 2.45) is 5.92 Å². The van der Waals surface area contributed by atoms with Gasteiger partial charge in [0.2, 0.25) is 0 Å². The summed E-state index contributed by atoms with van der Waals surface area (Å²) in [5.41, 5.74) is 1.78. The molecular formula is C13H16FN3S. The van der Waals surface area contributed by atoms with E-state index < -0.39 is 0 Å². The number of fused-ring (bicyclic) bond motifs is 1. The Bertz CT molecular complexity index is 631. The minimum Gasteiger partial charge on any atom is -0.331 e. The Morgan fingerprint density at radius 2 is 2.33 bits per heavy atom. The second-order valence-electron chi connectivity index (χ2n) is 5.12. The Labute approximate surface area is 110 Å². The lowest BCUT2D eigenvalue weighted by Crippen LogP contribution is -2.17. The Balaban J connectivity index is 1.98. The predicted molar refractivity (Wildman–Crippen MR) is 72.7 cm³/mol. The van der Waals surface area contributed by atoms with Gasteiger partial charge in [-0.1, -0.05) is 0 Å². The highest BCUT2D eigenvalue weighted by Gasteiger charge is 2.20. The number of aromatic nitrogens is 2. The van der Waals surface area contributed by atoms with Crippen LogP contribution >= 0.6 is 12.2 Å². The summed E-state index contributed by atoms with van der Waals surface area (Å²) in [7, 11) is 2.13. The van der Waals surface area contributed by atoms with Gasteiger partial charge in [0, 0.05) is 13.1 Å². The molecule has 0 aliphatic carbocycles. The van der Waals surface area contributed by atoms with Crippen LogP contribution < -0.4 is 0 Å². The van der Waals surface area contributed by atoms with Gasteiger partial charge >= 0.3 is 0 Å². The van der Waals surface area contributed by atoms with Gasteiger partial charge in [-0.25, -0.2) is 4.39 Å². The summed E-state index contributed by atoms with van der Waals surface area (Å²) in [5.74, 6) is 0.387. The fourth-order valence-corrected chi connectivity index (χ4v) is 3.02. The van der Waals surface area contributed by atoms with E-state index in [1.165, 1.54) is 12.5 Å². The van der Waals surface area contributed by atoms with E-state index in [0.717, 1.165) is 30.7 Å². The van der Waals surface area contributed by atoms with E-state index in [2.05, 4.69) is 16.9 Å². The fraction of sp³-hybridized carbons (Fsp3) is 0.462. The number of rotatable bonds is 2. The third-order valence-corrected chi connectivity index (χ3v) is 3.99. The number of hydrogen-bond acceptors (Lipinski definition) is 2. The zero-order valence-electron chi connectivity index (χ0n) is 10.3. The number of likely N-dealkylation sites (tertiary alicyclic amines) is 1. The minimum absolute atomic E-state index is 0.214. The fourth-order valence-electron chi connectivity index (χ4n) is 2.74. The molecule has 2 aromatic rings. The first-order valence-corrected chi connectivity index (χ1v) is 6.61. The van der Waals surface area contributed by atoms with Crippen LogP contribution in [0.4, 0.5) is 4.39 Å². The van der Waals surface area contributed by atoms with Crippen LogP contribution in [-0.4, -0.2) is 34.6 Å². The van der Waals surface area contributed by atoms with Gasteiger partial charge in [0.1, 0.15) is 5.82 Å². The zero-order chi connectivity index (χ0) is 12.7. The van der Waals surface area contributed by atoms with Gasteiger partial charge in [0.25, 0.3) is 0 Å². The van der Waals surface area contributed by atoms with Crippen molar-refractivity contribution in [3.63, 3.8) is 0 Å². The van der Waals surface area contributed by atoms with Crippen LogP contribution in [0.1, 0.15) is 6.42 Å². The number of H-pyrrole nitrogens is 1. The molecular weight excluding hydrogens is 249 g/mol. The second kappa shape index (κ2) is 4.48. The minimum atomic E-state index is -0.214. The number of imidazole rings is 1. The Kier molecular flexibility index (Phi) is 2.95. The van der Waals surface area contributed by atoms with Crippen LogP contribution in [0.25, 0.3) is 11.0 Å². The van der Waals surface area contributed by atoms with E-state index >= 15 is 0 Å². The number of halogens is 1.